The number of para-hydroxylation sites is 3. The largest absolute Gasteiger partial charge is 0.513 e. The molecular weight excluding hydrogens is 768 g/mol. The third-order valence-electron chi connectivity index (χ3n) is 8.10. The van der Waals surface area contributed by atoms with Gasteiger partial charge in [0.05, 0.1) is 11.3 Å². The Morgan fingerprint density at radius 3 is 2.11 bits per heavy atom. The van der Waals surface area contributed by atoms with Crippen LogP contribution in [-0.2, 0) is 21.1 Å². The van der Waals surface area contributed by atoms with Crippen molar-refractivity contribution in [2.75, 3.05) is 16.8 Å². The van der Waals surface area contributed by atoms with Crippen LogP contribution >= 0.6 is 0 Å². The summed E-state index contributed by atoms with van der Waals surface area (Å²) in [5.41, 5.74) is 5.23. The smallest absolute Gasteiger partial charge is 0.135 e. The number of aromatic nitrogens is 1. The van der Waals surface area contributed by atoms with Crippen molar-refractivity contribution in [3.05, 3.63) is 147 Å². The monoisotopic (exact) mass is 792 g/mol. The number of rotatable bonds is 6. The minimum Gasteiger partial charge on any atom is -0.513 e. The van der Waals surface area contributed by atoms with Crippen LogP contribution in [0, 0.1) is 18.8 Å². The average Bonchev–Trinajstić information content (AvgIpc) is 3.81. The second-order valence-electron chi connectivity index (χ2n) is 11.1. The van der Waals surface area contributed by atoms with Crippen molar-refractivity contribution in [2.24, 2.45) is 0 Å². The third-order valence-corrected chi connectivity index (χ3v) is 8.10. The maximum Gasteiger partial charge on any atom is 0.135 e. The summed E-state index contributed by atoms with van der Waals surface area (Å²) in [6.45, 7) is 1.99. The Kier molecular flexibility index (Phi) is 7.19. The summed E-state index contributed by atoms with van der Waals surface area (Å²) in [7, 11) is 1.99. The number of furan rings is 2. The molecule has 5 aromatic carbocycles. The molecule has 47 heavy (non-hydrogen) atoms. The molecule has 0 saturated heterocycles. The molecule has 0 fully saturated rings. The second kappa shape index (κ2) is 11.7. The fraction of sp³-hybridized carbons (Fsp3) is 0.0256. The summed E-state index contributed by atoms with van der Waals surface area (Å²) in [4.78, 5) is 10.7. The fourth-order valence-electron chi connectivity index (χ4n) is 6.01. The van der Waals surface area contributed by atoms with Gasteiger partial charge in [0, 0.05) is 55.1 Å². The van der Waals surface area contributed by atoms with E-state index in [9.17, 15) is 0 Å². The van der Waals surface area contributed by atoms with Gasteiger partial charge in [0.2, 0.25) is 0 Å². The summed E-state index contributed by atoms with van der Waals surface area (Å²) < 4.78 is 19.7. The van der Waals surface area contributed by atoms with Gasteiger partial charge in [-0.2, -0.15) is 6.67 Å². The third kappa shape index (κ3) is 5.00. The zero-order chi connectivity index (χ0) is 30.6. The maximum atomic E-state index is 6.77. The maximum absolute atomic E-state index is 6.77. The molecule has 232 valence electrons. The molecule has 1 aliphatic heterocycles. The van der Waals surface area contributed by atoms with E-state index in [-0.39, 0.29) is 21.1 Å². The number of pyridine rings is 1. The van der Waals surface area contributed by atoms with Gasteiger partial charge in [-0.15, -0.1) is 30.0 Å². The van der Waals surface area contributed by atoms with Gasteiger partial charge in [0.25, 0.3) is 0 Å². The van der Waals surface area contributed by atoms with Crippen LogP contribution in [0.5, 0.6) is 11.5 Å². The van der Waals surface area contributed by atoms with Crippen LogP contribution in [0.3, 0.4) is 0 Å². The zero-order valence-electron chi connectivity index (χ0n) is 25.0. The van der Waals surface area contributed by atoms with E-state index in [0.717, 1.165) is 49.9 Å². The first kappa shape index (κ1) is 28.9. The van der Waals surface area contributed by atoms with Crippen molar-refractivity contribution in [3.8, 4) is 11.5 Å². The molecule has 0 spiro atoms. The molecule has 0 unspecified atom stereocenters. The Labute approximate surface area is 285 Å². The SMILES string of the molecule is CN1C=CN(c2[c-]c(Oc3[c-]c(N(c4ccccc4)c4ccccn4)c4oc5ccccc5c4c3)c3oc4ccccc4c3c2)[CH-]1.[Pt]. The normalized spacial score (nSPS) is 12.8. The van der Waals surface area contributed by atoms with Crippen LogP contribution in [0.25, 0.3) is 43.9 Å². The fourth-order valence-corrected chi connectivity index (χ4v) is 6.01. The van der Waals surface area contributed by atoms with Crippen LogP contribution < -0.4 is 14.5 Å². The molecule has 1 aliphatic rings. The molecule has 4 heterocycles. The van der Waals surface area contributed by atoms with E-state index in [0.29, 0.717) is 28.4 Å². The molecule has 8 heteroatoms. The first-order valence-corrected chi connectivity index (χ1v) is 14.9. The molecule has 0 N–H and O–H groups in total. The summed E-state index contributed by atoms with van der Waals surface area (Å²) in [5, 5.41) is 3.80. The van der Waals surface area contributed by atoms with E-state index in [2.05, 4.69) is 30.3 Å². The first-order valence-electron chi connectivity index (χ1n) is 14.9. The number of benzene rings is 5. The van der Waals surface area contributed by atoms with Crippen molar-refractivity contribution >= 4 is 66.8 Å². The van der Waals surface area contributed by atoms with Gasteiger partial charge in [0.1, 0.15) is 17.0 Å². The summed E-state index contributed by atoms with van der Waals surface area (Å²) in [5.74, 6) is 1.66. The molecule has 0 atom stereocenters. The van der Waals surface area contributed by atoms with Gasteiger partial charge in [0.15, 0.2) is 0 Å². The molecule has 0 saturated carbocycles. The van der Waals surface area contributed by atoms with E-state index in [4.69, 9.17) is 18.6 Å². The summed E-state index contributed by atoms with van der Waals surface area (Å²) >= 11 is 0. The van der Waals surface area contributed by atoms with Gasteiger partial charge < -0.3 is 28.3 Å². The van der Waals surface area contributed by atoms with Gasteiger partial charge in [-0.3, -0.25) is 0 Å². The number of ether oxygens (including phenoxy) is 1. The van der Waals surface area contributed by atoms with Crippen molar-refractivity contribution < 1.29 is 34.6 Å². The van der Waals surface area contributed by atoms with Crippen LogP contribution in [0.2, 0.25) is 0 Å². The Balaban J connectivity index is 0.00000324. The molecule has 0 radical (unpaired) electrons. The van der Waals surface area contributed by atoms with Crippen LogP contribution in [0.15, 0.2) is 137 Å². The van der Waals surface area contributed by atoms with E-state index in [1.165, 1.54) is 0 Å². The average molecular weight is 793 g/mol. The minimum absolute atomic E-state index is 0. The van der Waals surface area contributed by atoms with Crippen molar-refractivity contribution in [1.82, 2.24) is 9.88 Å². The van der Waals surface area contributed by atoms with Crippen LogP contribution in [0.1, 0.15) is 0 Å². The molecular formula is C39H25N4O3Pt-3. The predicted molar refractivity (Wildman–Crippen MR) is 181 cm³/mol. The quantitative estimate of drug-likeness (QED) is 0.156. The Morgan fingerprint density at radius 2 is 1.40 bits per heavy atom. The topological polar surface area (TPSA) is 58.1 Å². The van der Waals surface area contributed by atoms with Gasteiger partial charge in [-0.05, 0) is 61.5 Å². The molecule has 0 bridgehead atoms. The summed E-state index contributed by atoms with van der Waals surface area (Å²) in [6.07, 6.45) is 5.75. The van der Waals surface area contributed by atoms with Crippen molar-refractivity contribution in [3.63, 3.8) is 0 Å². The van der Waals surface area contributed by atoms with Gasteiger partial charge in [-0.1, -0.05) is 71.4 Å². The van der Waals surface area contributed by atoms with E-state index < -0.39 is 0 Å². The van der Waals surface area contributed by atoms with E-state index in [1.807, 2.05) is 132 Å². The molecule has 0 aliphatic carbocycles. The molecule has 3 aromatic heterocycles. The number of hydrogen-bond acceptors (Lipinski definition) is 7. The van der Waals surface area contributed by atoms with Crippen LogP contribution in [-0.4, -0.2) is 16.9 Å². The predicted octanol–water partition coefficient (Wildman–Crippen LogP) is 10.1. The molecule has 8 aromatic rings. The minimum atomic E-state index is 0. The Morgan fingerprint density at radius 1 is 0.723 bits per heavy atom. The Hall–Kier alpha value is -5.52. The summed E-state index contributed by atoms with van der Waals surface area (Å²) in [6, 6.07) is 43.0. The van der Waals surface area contributed by atoms with Crippen LogP contribution in [0.4, 0.5) is 22.9 Å². The first-order chi connectivity index (χ1) is 22.7. The molecule has 7 nitrogen and oxygen atoms in total. The van der Waals surface area contributed by atoms with Crippen molar-refractivity contribution in [2.45, 2.75) is 0 Å². The Bertz CT molecular complexity index is 2380. The molecule has 9 rings (SSSR count). The number of nitrogens with zero attached hydrogens (tertiary/aromatic N) is 4. The zero-order valence-corrected chi connectivity index (χ0v) is 27.3. The van der Waals surface area contributed by atoms with Crippen molar-refractivity contribution in [1.29, 1.82) is 0 Å². The number of hydrogen-bond donors (Lipinski definition) is 0. The second-order valence-corrected chi connectivity index (χ2v) is 11.1. The van der Waals surface area contributed by atoms with Gasteiger partial charge in [-0.25, -0.2) is 4.98 Å². The van der Waals surface area contributed by atoms with Gasteiger partial charge >= 0.3 is 0 Å². The van der Waals surface area contributed by atoms with E-state index in [1.54, 1.807) is 6.20 Å². The number of fused-ring (bicyclic) bond motifs is 6. The van der Waals surface area contributed by atoms with E-state index >= 15 is 0 Å². The number of anilines is 4. The molecule has 0 amide bonds. The standard InChI is InChI=1S/C39H25N4O3.Pt/c1-41-19-20-42(25-41)27-21-31-29-13-5-8-16-35(29)46-39(31)36(22-27)44-28-23-32-30-14-6-7-15-34(30)45-38(32)33(24-28)43(26-11-3-2-4-12-26)37-17-9-10-18-40-37;/h2-21,23,25H,1H3;/q-3;.